The molecule has 4 rings (SSSR count). The lowest BCUT2D eigenvalue weighted by Crippen LogP contribution is -2.30. The lowest BCUT2D eigenvalue weighted by molar-refractivity contribution is 0.0260. The van der Waals surface area contributed by atoms with Crippen molar-refractivity contribution in [2.75, 3.05) is 0 Å². The Kier molecular flexibility index (Phi) is 4.64. The number of hydrogen-bond acceptors (Lipinski definition) is 5. The van der Waals surface area contributed by atoms with Gasteiger partial charge < -0.3 is 14.8 Å². The highest BCUT2D eigenvalue weighted by Gasteiger charge is 2.43. The molecule has 1 aromatic carbocycles. The minimum absolute atomic E-state index is 0.129. The fraction of sp³-hybridized carbons (Fsp3) is 0.294. The van der Waals surface area contributed by atoms with Crippen LogP contribution in [0.3, 0.4) is 0 Å². The van der Waals surface area contributed by atoms with Gasteiger partial charge in [-0.2, -0.15) is 0 Å². The first-order valence-corrected chi connectivity index (χ1v) is 9.43. The molecule has 25 heavy (non-hydrogen) atoms. The summed E-state index contributed by atoms with van der Waals surface area (Å²) in [7, 11) is 0. The third-order valence-electron chi connectivity index (χ3n) is 4.52. The number of rotatable bonds is 3. The van der Waals surface area contributed by atoms with Gasteiger partial charge in [0.15, 0.2) is 0 Å². The summed E-state index contributed by atoms with van der Waals surface area (Å²) in [5, 5.41) is 22.7. The monoisotopic (exact) mass is 395 g/mol. The molecule has 0 unspecified atom stereocenters. The van der Waals surface area contributed by atoms with E-state index in [0.29, 0.717) is 22.2 Å². The van der Waals surface area contributed by atoms with Gasteiger partial charge in [0, 0.05) is 21.4 Å². The Balaban J connectivity index is 1.61. The maximum absolute atomic E-state index is 10.6. The second-order valence-corrected chi connectivity index (χ2v) is 8.13. The molecule has 5 nitrogen and oxygen atoms in total. The molecule has 1 aliphatic rings. The molecule has 0 saturated heterocycles. The lowest BCUT2D eigenvalue weighted by atomic mass is 10.2. The van der Waals surface area contributed by atoms with Gasteiger partial charge in [-0.3, -0.25) is 0 Å². The fourth-order valence-corrected chi connectivity index (χ4v) is 4.81. The number of hydrogen-bond donors (Lipinski definition) is 2. The van der Waals surface area contributed by atoms with Crippen LogP contribution in [0.2, 0.25) is 10.2 Å². The Labute approximate surface area is 158 Å². The molecule has 0 spiro atoms. The molecule has 2 N–H and O–H groups in total. The van der Waals surface area contributed by atoms with Crippen LogP contribution < -0.4 is 0 Å². The topological polar surface area (TPSA) is 71.2 Å². The molecule has 1 saturated carbocycles. The van der Waals surface area contributed by atoms with Gasteiger partial charge >= 0.3 is 0 Å². The van der Waals surface area contributed by atoms with E-state index in [2.05, 4.69) is 9.97 Å². The van der Waals surface area contributed by atoms with Crippen molar-refractivity contribution in [3.8, 4) is 0 Å². The lowest BCUT2D eigenvalue weighted by Gasteiger charge is -2.18. The predicted octanol–water partition coefficient (Wildman–Crippen LogP) is 3.57. The summed E-state index contributed by atoms with van der Waals surface area (Å²) in [5.74, 6) is 0. The fourth-order valence-electron chi connectivity index (χ4n) is 3.26. The van der Waals surface area contributed by atoms with Crippen molar-refractivity contribution in [2.24, 2.45) is 0 Å². The van der Waals surface area contributed by atoms with Crippen LogP contribution in [0.25, 0.3) is 11.0 Å². The summed E-state index contributed by atoms with van der Waals surface area (Å²) in [6.45, 7) is 0. The second-order valence-electron chi connectivity index (χ2n) is 6.02. The second kappa shape index (κ2) is 6.78. The van der Waals surface area contributed by atoms with Crippen LogP contribution >= 0.6 is 35.0 Å². The Morgan fingerprint density at radius 3 is 2.56 bits per heavy atom. The predicted molar refractivity (Wildman–Crippen MR) is 99.3 cm³/mol. The molecule has 8 heteroatoms. The van der Waals surface area contributed by atoms with Crippen LogP contribution in [0.15, 0.2) is 47.8 Å². The Hall–Kier alpha value is -1.31. The maximum Gasteiger partial charge on any atom is 0.145 e. The Morgan fingerprint density at radius 2 is 1.80 bits per heavy atom. The average Bonchev–Trinajstić information content (AvgIpc) is 3.14. The van der Waals surface area contributed by atoms with E-state index in [0.717, 1.165) is 10.3 Å². The number of benzene rings is 1. The molecule has 0 bridgehead atoms. The third kappa shape index (κ3) is 3.13. The number of aromatic nitrogens is 3. The first kappa shape index (κ1) is 17.1. The Morgan fingerprint density at radius 1 is 1.04 bits per heavy atom. The molecule has 4 atom stereocenters. The molecule has 130 valence electrons. The molecule has 0 amide bonds. The zero-order valence-electron chi connectivity index (χ0n) is 13.0. The van der Waals surface area contributed by atoms with E-state index >= 15 is 0 Å². The summed E-state index contributed by atoms with van der Waals surface area (Å²) in [5.41, 5.74) is 0.661. The van der Waals surface area contributed by atoms with Crippen molar-refractivity contribution in [1.82, 2.24) is 14.5 Å². The molecule has 0 aliphatic heterocycles. The number of thioether (sulfide) groups is 1. The Bertz CT molecular complexity index is 903. The molecule has 0 radical (unpaired) electrons. The van der Waals surface area contributed by atoms with Gasteiger partial charge in [-0.05, 0) is 36.8 Å². The summed E-state index contributed by atoms with van der Waals surface area (Å²) in [4.78, 5) is 9.26. The van der Waals surface area contributed by atoms with Crippen LogP contribution in [0, 0.1) is 0 Å². The first-order chi connectivity index (χ1) is 12.0. The number of aliphatic hydroxyl groups excluding tert-OH is 2. The van der Waals surface area contributed by atoms with Crippen molar-refractivity contribution in [1.29, 1.82) is 0 Å². The van der Waals surface area contributed by atoms with Gasteiger partial charge in [0.1, 0.15) is 23.2 Å². The van der Waals surface area contributed by atoms with E-state index in [9.17, 15) is 10.2 Å². The summed E-state index contributed by atoms with van der Waals surface area (Å²) < 4.78 is 1.87. The number of nitrogens with zero attached hydrogens (tertiary/aromatic N) is 3. The zero-order valence-corrected chi connectivity index (χ0v) is 15.3. The largest absolute Gasteiger partial charge is 0.389 e. The minimum Gasteiger partial charge on any atom is -0.389 e. The van der Waals surface area contributed by atoms with Crippen LogP contribution in [0.1, 0.15) is 12.5 Å². The normalized spacial score (nSPS) is 26.4. The van der Waals surface area contributed by atoms with Gasteiger partial charge in [-0.1, -0.05) is 23.2 Å². The van der Waals surface area contributed by atoms with Crippen molar-refractivity contribution in [3.63, 3.8) is 0 Å². The van der Waals surface area contributed by atoms with Gasteiger partial charge in [-0.25, -0.2) is 9.97 Å². The van der Waals surface area contributed by atoms with E-state index < -0.39 is 12.2 Å². The van der Waals surface area contributed by atoms with E-state index in [1.165, 1.54) is 6.33 Å². The van der Waals surface area contributed by atoms with E-state index in [-0.39, 0.29) is 11.3 Å². The quantitative estimate of drug-likeness (QED) is 0.663. The molecule has 2 aromatic heterocycles. The van der Waals surface area contributed by atoms with Gasteiger partial charge in [0.2, 0.25) is 0 Å². The van der Waals surface area contributed by atoms with E-state index in [1.807, 2.05) is 41.1 Å². The molecular weight excluding hydrogens is 381 g/mol. The van der Waals surface area contributed by atoms with Crippen molar-refractivity contribution in [3.05, 3.63) is 53.0 Å². The number of fused-ring (bicyclic) bond motifs is 1. The van der Waals surface area contributed by atoms with Crippen molar-refractivity contribution < 1.29 is 10.2 Å². The summed E-state index contributed by atoms with van der Waals surface area (Å²) >= 11 is 13.6. The standard InChI is InChI=1S/C17H15Cl2N3O2S/c18-9-1-3-10(4-2-9)25-13-7-12(14(23)15(13)24)22-6-5-11-16(19)20-8-21-17(11)22/h1-6,8,12-15,23-24H,7H2/t12-,13+,14+,15-/m1/s1. The molecule has 1 fully saturated rings. The van der Waals surface area contributed by atoms with Gasteiger partial charge in [-0.15, -0.1) is 11.8 Å². The van der Waals surface area contributed by atoms with Gasteiger partial charge in [0.05, 0.1) is 17.5 Å². The third-order valence-corrected chi connectivity index (χ3v) is 6.39. The van der Waals surface area contributed by atoms with Crippen molar-refractivity contribution >= 4 is 46.0 Å². The summed E-state index contributed by atoms with van der Waals surface area (Å²) in [6, 6.07) is 9.02. The highest BCUT2D eigenvalue weighted by Crippen LogP contribution is 2.42. The van der Waals surface area contributed by atoms with E-state index in [4.69, 9.17) is 23.2 Å². The van der Waals surface area contributed by atoms with Crippen LogP contribution in [-0.4, -0.2) is 42.2 Å². The number of halogens is 2. The molecular formula is C17H15Cl2N3O2S. The van der Waals surface area contributed by atoms with Crippen molar-refractivity contribution in [2.45, 2.75) is 34.8 Å². The van der Waals surface area contributed by atoms with Crippen LogP contribution in [0.4, 0.5) is 0 Å². The summed E-state index contributed by atoms with van der Waals surface area (Å²) in [6.07, 6.45) is 2.13. The van der Waals surface area contributed by atoms with Crippen LogP contribution in [0.5, 0.6) is 0 Å². The molecule has 1 aliphatic carbocycles. The zero-order chi connectivity index (χ0) is 17.6. The van der Waals surface area contributed by atoms with Crippen LogP contribution in [-0.2, 0) is 0 Å². The molecule has 2 heterocycles. The highest BCUT2D eigenvalue weighted by atomic mass is 35.5. The maximum atomic E-state index is 10.6. The number of aliphatic hydroxyl groups is 2. The first-order valence-electron chi connectivity index (χ1n) is 7.80. The highest BCUT2D eigenvalue weighted by molar-refractivity contribution is 8.00. The van der Waals surface area contributed by atoms with Gasteiger partial charge in [0.25, 0.3) is 0 Å². The SMILES string of the molecule is O[C@@H]1[C@H](O)[C@@H](Sc2ccc(Cl)cc2)C[C@H]1n1ccc2c(Cl)ncnc21. The van der Waals surface area contributed by atoms with E-state index in [1.54, 1.807) is 11.8 Å². The molecule has 3 aromatic rings. The average molecular weight is 396 g/mol. The smallest absolute Gasteiger partial charge is 0.145 e. The minimum atomic E-state index is -0.880.